The average molecular weight is 302 g/mol. The summed E-state index contributed by atoms with van der Waals surface area (Å²) in [5.74, 6) is 0.0420. The minimum atomic E-state index is -0.595. The number of carbonyl (C=O) groups excluding carboxylic acids is 2. The number of hydrogen-bond acceptors (Lipinski definition) is 4. The van der Waals surface area contributed by atoms with Crippen LogP contribution in [0.15, 0.2) is 24.7 Å². The first-order chi connectivity index (χ1) is 10.3. The number of unbranched alkanes of at least 4 members (excludes halogenated alkanes) is 1. The van der Waals surface area contributed by atoms with Crippen LogP contribution in [0.5, 0.6) is 0 Å². The molecule has 0 saturated carbocycles. The van der Waals surface area contributed by atoms with Gasteiger partial charge in [0.05, 0.1) is 11.7 Å². The van der Waals surface area contributed by atoms with E-state index in [4.69, 9.17) is 4.74 Å². The molecule has 118 valence electrons. The molecule has 5 nitrogen and oxygen atoms in total. The standard InChI is InChI=1S/C17H22N2O3/c1-5-6-7-15(20)13-11-19(16(21)22-17(2,3)4)14-10-18-9-8-12(13)14/h8-11H,5-7H2,1-4H3. The number of fused-ring (bicyclic) bond motifs is 1. The maximum atomic E-state index is 12.4. The minimum absolute atomic E-state index is 0.0420. The van der Waals surface area contributed by atoms with E-state index in [2.05, 4.69) is 4.98 Å². The van der Waals surface area contributed by atoms with E-state index in [1.165, 1.54) is 4.57 Å². The Hall–Kier alpha value is -2.17. The van der Waals surface area contributed by atoms with Crippen LogP contribution in [0.3, 0.4) is 0 Å². The highest BCUT2D eigenvalue weighted by Gasteiger charge is 2.22. The SMILES string of the molecule is CCCCC(=O)c1cn(C(=O)OC(C)(C)C)c2cnccc12. The highest BCUT2D eigenvalue weighted by molar-refractivity contribution is 6.09. The van der Waals surface area contributed by atoms with Gasteiger partial charge in [-0.1, -0.05) is 13.3 Å². The van der Waals surface area contributed by atoms with Crippen molar-refractivity contribution >= 4 is 22.8 Å². The Labute approximate surface area is 130 Å². The minimum Gasteiger partial charge on any atom is -0.443 e. The summed E-state index contributed by atoms with van der Waals surface area (Å²) in [7, 11) is 0. The lowest BCUT2D eigenvalue weighted by atomic mass is 10.1. The van der Waals surface area contributed by atoms with Crippen LogP contribution in [-0.2, 0) is 4.74 Å². The summed E-state index contributed by atoms with van der Waals surface area (Å²) in [6, 6.07) is 1.76. The molecule has 0 aromatic carbocycles. The Kier molecular flexibility index (Phi) is 4.64. The predicted molar refractivity (Wildman–Crippen MR) is 85.2 cm³/mol. The van der Waals surface area contributed by atoms with Gasteiger partial charge in [0.1, 0.15) is 5.60 Å². The molecule has 0 N–H and O–H groups in total. The molecule has 0 aliphatic carbocycles. The third-order valence-electron chi connectivity index (χ3n) is 3.26. The van der Waals surface area contributed by atoms with E-state index in [-0.39, 0.29) is 5.78 Å². The maximum absolute atomic E-state index is 12.4. The lowest BCUT2D eigenvalue weighted by Crippen LogP contribution is -2.26. The topological polar surface area (TPSA) is 61.2 Å². The molecule has 22 heavy (non-hydrogen) atoms. The summed E-state index contributed by atoms with van der Waals surface area (Å²) in [5.41, 5.74) is 0.552. The molecule has 0 atom stereocenters. The molecule has 0 bridgehead atoms. The quantitative estimate of drug-likeness (QED) is 0.794. The highest BCUT2D eigenvalue weighted by Crippen LogP contribution is 2.23. The molecular formula is C17H22N2O3. The monoisotopic (exact) mass is 302 g/mol. The van der Waals surface area contributed by atoms with E-state index >= 15 is 0 Å². The lowest BCUT2D eigenvalue weighted by Gasteiger charge is -2.19. The third kappa shape index (κ3) is 3.53. The number of pyridine rings is 1. The fraction of sp³-hybridized carbons (Fsp3) is 0.471. The molecule has 2 aromatic heterocycles. The van der Waals surface area contributed by atoms with Crippen LogP contribution < -0.4 is 0 Å². The number of aromatic nitrogens is 2. The second kappa shape index (κ2) is 6.30. The smallest absolute Gasteiger partial charge is 0.419 e. The fourth-order valence-electron chi connectivity index (χ4n) is 2.23. The Morgan fingerprint density at radius 2 is 2.05 bits per heavy atom. The van der Waals surface area contributed by atoms with Crippen molar-refractivity contribution < 1.29 is 14.3 Å². The zero-order chi connectivity index (χ0) is 16.3. The first-order valence-corrected chi connectivity index (χ1v) is 7.55. The van der Waals surface area contributed by atoms with Crippen molar-refractivity contribution in [3.05, 3.63) is 30.2 Å². The summed E-state index contributed by atoms with van der Waals surface area (Å²) >= 11 is 0. The van der Waals surface area contributed by atoms with Crippen LogP contribution in [0.2, 0.25) is 0 Å². The van der Waals surface area contributed by atoms with Gasteiger partial charge in [0.15, 0.2) is 5.78 Å². The van der Waals surface area contributed by atoms with Gasteiger partial charge in [-0.2, -0.15) is 0 Å². The van der Waals surface area contributed by atoms with Gasteiger partial charge in [0, 0.05) is 29.8 Å². The fourth-order valence-corrected chi connectivity index (χ4v) is 2.23. The second-order valence-corrected chi connectivity index (χ2v) is 6.31. The Morgan fingerprint density at radius 1 is 1.32 bits per heavy atom. The van der Waals surface area contributed by atoms with Crippen molar-refractivity contribution in [1.82, 2.24) is 9.55 Å². The Morgan fingerprint density at radius 3 is 2.68 bits per heavy atom. The van der Waals surface area contributed by atoms with Gasteiger partial charge in [-0.05, 0) is 33.3 Å². The number of ether oxygens (including phenoxy) is 1. The first kappa shape index (κ1) is 16.2. The van der Waals surface area contributed by atoms with Crippen molar-refractivity contribution in [2.45, 2.75) is 52.6 Å². The Bertz CT molecular complexity index is 695. The summed E-state index contributed by atoms with van der Waals surface area (Å²) in [6.45, 7) is 7.47. The van der Waals surface area contributed by atoms with E-state index in [0.717, 1.165) is 18.2 Å². The van der Waals surface area contributed by atoms with Crippen molar-refractivity contribution in [2.24, 2.45) is 0 Å². The number of Topliss-reactive ketones (excluding diaryl/α,β-unsaturated/α-hetero) is 1. The summed E-state index contributed by atoms with van der Waals surface area (Å²) in [5, 5.41) is 0.738. The molecule has 0 radical (unpaired) electrons. The molecule has 2 rings (SSSR count). The number of rotatable bonds is 4. The summed E-state index contributed by atoms with van der Waals surface area (Å²) in [6.07, 6.45) is 6.54. The lowest BCUT2D eigenvalue weighted by molar-refractivity contribution is 0.0544. The van der Waals surface area contributed by atoms with E-state index in [1.54, 1.807) is 24.7 Å². The molecule has 0 aliphatic rings. The molecule has 0 unspecified atom stereocenters. The molecule has 0 aliphatic heterocycles. The van der Waals surface area contributed by atoms with E-state index in [9.17, 15) is 9.59 Å². The highest BCUT2D eigenvalue weighted by atomic mass is 16.6. The Balaban J connectivity index is 2.44. The molecule has 0 amide bonds. The van der Waals surface area contributed by atoms with Gasteiger partial charge in [-0.15, -0.1) is 0 Å². The van der Waals surface area contributed by atoms with Gasteiger partial charge in [0.25, 0.3) is 0 Å². The zero-order valence-corrected chi connectivity index (χ0v) is 13.5. The molecule has 0 spiro atoms. The van der Waals surface area contributed by atoms with Crippen molar-refractivity contribution in [2.75, 3.05) is 0 Å². The number of hydrogen-bond donors (Lipinski definition) is 0. The van der Waals surface area contributed by atoms with Crippen LogP contribution >= 0.6 is 0 Å². The van der Waals surface area contributed by atoms with Gasteiger partial charge >= 0.3 is 6.09 Å². The second-order valence-electron chi connectivity index (χ2n) is 6.31. The number of ketones is 1. The number of carbonyl (C=O) groups is 2. The zero-order valence-electron chi connectivity index (χ0n) is 13.5. The summed E-state index contributed by atoms with van der Waals surface area (Å²) < 4.78 is 6.76. The van der Waals surface area contributed by atoms with Crippen LogP contribution in [-0.4, -0.2) is 27.0 Å². The third-order valence-corrected chi connectivity index (χ3v) is 3.26. The van der Waals surface area contributed by atoms with Gasteiger partial charge in [-0.25, -0.2) is 4.79 Å². The first-order valence-electron chi connectivity index (χ1n) is 7.55. The average Bonchev–Trinajstić information content (AvgIpc) is 2.82. The van der Waals surface area contributed by atoms with Crippen molar-refractivity contribution in [3.63, 3.8) is 0 Å². The van der Waals surface area contributed by atoms with Crippen molar-refractivity contribution in [3.8, 4) is 0 Å². The molecule has 0 fully saturated rings. The molecule has 5 heteroatoms. The molecule has 0 saturated heterocycles. The van der Waals surface area contributed by atoms with Gasteiger partial charge < -0.3 is 4.74 Å². The van der Waals surface area contributed by atoms with Gasteiger partial charge in [0.2, 0.25) is 0 Å². The van der Waals surface area contributed by atoms with E-state index < -0.39 is 11.7 Å². The molecular weight excluding hydrogens is 280 g/mol. The molecule has 2 heterocycles. The van der Waals surface area contributed by atoms with Gasteiger partial charge in [-0.3, -0.25) is 14.3 Å². The number of nitrogens with zero attached hydrogens (tertiary/aromatic N) is 2. The van der Waals surface area contributed by atoms with Crippen LogP contribution in [0.4, 0.5) is 4.79 Å². The summed E-state index contributed by atoms with van der Waals surface area (Å²) in [4.78, 5) is 28.7. The van der Waals surface area contributed by atoms with Crippen LogP contribution in [0.25, 0.3) is 10.9 Å². The van der Waals surface area contributed by atoms with Crippen LogP contribution in [0, 0.1) is 0 Å². The largest absolute Gasteiger partial charge is 0.443 e. The van der Waals surface area contributed by atoms with E-state index in [1.807, 2.05) is 27.7 Å². The van der Waals surface area contributed by atoms with Crippen LogP contribution in [0.1, 0.15) is 57.3 Å². The van der Waals surface area contributed by atoms with E-state index in [0.29, 0.717) is 17.5 Å². The molecule has 2 aromatic rings. The normalized spacial score (nSPS) is 11.6. The van der Waals surface area contributed by atoms with Crippen molar-refractivity contribution in [1.29, 1.82) is 0 Å². The predicted octanol–water partition coefficient (Wildman–Crippen LogP) is 4.19. The maximum Gasteiger partial charge on any atom is 0.419 e.